The molecule has 0 atom stereocenters. The summed E-state index contributed by atoms with van der Waals surface area (Å²) in [6.07, 6.45) is 0.953. The van der Waals surface area contributed by atoms with Crippen LogP contribution >= 0.6 is 11.8 Å². The van der Waals surface area contributed by atoms with Gasteiger partial charge in [-0.2, -0.15) is 16.7 Å². The Morgan fingerprint density at radius 3 is 2.89 bits per heavy atom. The third-order valence-corrected chi connectivity index (χ3v) is 4.32. The van der Waals surface area contributed by atoms with E-state index in [-0.39, 0.29) is 0 Å². The maximum Gasteiger partial charge on any atom is 0.228 e. The number of ether oxygens (including phenoxy) is 1. The van der Waals surface area contributed by atoms with E-state index < -0.39 is 0 Å². The Morgan fingerprint density at radius 1 is 1.28 bits per heavy atom. The van der Waals surface area contributed by atoms with E-state index in [1.165, 1.54) is 5.56 Å². The quantitative estimate of drug-likeness (QED) is 0.850. The molecule has 6 heteroatoms. The summed E-state index contributed by atoms with van der Waals surface area (Å²) in [5.74, 6) is 3.89. The third-order valence-electron chi connectivity index (χ3n) is 3.37. The Kier molecular flexibility index (Phi) is 3.56. The molecule has 1 N–H and O–H groups in total. The Labute approximate surface area is 111 Å². The molecule has 3 rings (SSSR count). The van der Waals surface area contributed by atoms with Gasteiger partial charge in [0.1, 0.15) is 0 Å². The molecule has 18 heavy (non-hydrogen) atoms. The maximum atomic E-state index is 5.43. The van der Waals surface area contributed by atoms with Crippen molar-refractivity contribution in [3.8, 4) is 5.88 Å². The SMILES string of the molecule is COc1nc(N2CCSCC2)nc2c1CCNC2. The van der Waals surface area contributed by atoms with Gasteiger partial charge in [0.2, 0.25) is 11.8 Å². The van der Waals surface area contributed by atoms with Crippen LogP contribution in [-0.4, -0.2) is 48.2 Å². The van der Waals surface area contributed by atoms with Gasteiger partial charge in [0.05, 0.1) is 12.8 Å². The summed E-state index contributed by atoms with van der Waals surface area (Å²) in [7, 11) is 1.69. The van der Waals surface area contributed by atoms with Gasteiger partial charge in [-0.3, -0.25) is 0 Å². The van der Waals surface area contributed by atoms with Gasteiger partial charge < -0.3 is 15.0 Å². The first-order valence-electron chi connectivity index (χ1n) is 6.35. The van der Waals surface area contributed by atoms with E-state index in [0.717, 1.165) is 61.6 Å². The predicted octanol–water partition coefficient (Wildman–Crippen LogP) is 0.684. The summed E-state index contributed by atoms with van der Waals surface area (Å²) in [5, 5.41) is 3.35. The molecule has 1 fully saturated rings. The van der Waals surface area contributed by atoms with Crippen molar-refractivity contribution in [2.75, 3.05) is 43.1 Å². The van der Waals surface area contributed by atoms with Crippen molar-refractivity contribution in [1.29, 1.82) is 0 Å². The van der Waals surface area contributed by atoms with Crippen molar-refractivity contribution in [1.82, 2.24) is 15.3 Å². The van der Waals surface area contributed by atoms with Crippen molar-refractivity contribution in [3.05, 3.63) is 11.3 Å². The number of methoxy groups -OCH3 is 1. The lowest BCUT2D eigenvalue weighted by molar-refractivity contribution is 0.386. The molecular weight excluding hydrogens is 248 g/mol. The lowest BCUT2D eigenvalue weighted by Crippen LogP contribution is -2.35. The van der Waals surface area contributed by atoms with Gasteiger partial charge in [-0.05, 0) is 13.0 Å². The summed E-state index contributed by atoms with van der Waals surface area (Å²) in [6, 6.07) is 0. The van der Waals surface area contributed by atoms with Gasteiger partial charge in [0, 0.05) is 36.7 Å². The molecule has 0 aliphatic carbocycles. The second-order valence-corrected chi connectivity index (χ2v) is 5.71. The first-order valence-corrected chi connectivity index (χ1v) is 7.51. The van der Waals surface area contributed by atoms with Crippen LogP contribution in [-0.2, 0) is 13.0 Å². The van der Waals surface area contributed by atoms with E-state index in [1.54, 1.807) is 7.11 Å². The smallest absolute Gasteiger partial charge is 0.228 e. The molecule has 5 nitrogen and oxygen atoms in total. The molecule has 1 aromatic heterocycles. The van der Waals surface area contributed by atoms with Gasteiger partial charge >= 0.3 is 0 Å². The molecule has 98 valence electrons. The molecule has 0 spiro atoms. The molecule has 0 saturated carbocycles. The number of thioether (sulfide) groups is 1. The van der Waals surface area contributed by atoms with Gasteiger partial charge in [-0.1, -0.05) is 0 Å². The zero-order valence-electron chi connectivity index (χ0n) is 10.6. The normalized spacial score (nSPS) is 19.5. The average molecular weight is 266 g/mol. The number of nitrogens with one attached hydrogen (secondary N) is 1. The highest BCUT2D eigenvalue weighted by atomic mass is 32.2. The van der Waals surface area contributed by atoms with Crippen LogP contribution in [0.15, 0.2) is 0 Å². The molecule has 3 heterocycles. The first kappa shape index (κ1) is 12.0. The average Bonchev–Trinajstić information content (AvgIpc) is 2.47. The minimum absolute atomic E-state index is 0.759. The molecule has 0 radical (unpaired) electrons. The van der Waals surface area contributed by atoms with Gasteiger partial charge in [-0.25, -0.2) is 4.98 Å². The zero-order valence-corrected chi connectivity index (χ0v) is 11.4. The second kappa shape index (κ2) is 5.32. The monoisotopic (exact) mass is 266 g/mol. The molecule has 0 bridgehead atoms. The molecule has 1 aromatic rings. The summed E-state index contributed by atoms with van der Waals surface area (Å²) in [5.41, 5.74) is 2.27. The second-order valence-electron chi connectivity index (χ2n) is 4.48. The molecule has 2 aliphatic rings. The third kappa shape index (κ3) is 2.27. The molecule has 0 unspecified atom stereocenters. The van der Waals surface area contributed by atoms with Crippen molar-refractivity contribution < 1.29 is 4.74 Å². The maximum absolute atomic E-state index is 5.43. The Hall–Kier alpha value is -1.01. The summed E-state index contributed by atoms with van der Waals surface area (Å²) >= 11 is 1.99. The van der Waals surface area contributed by atoms with Gasteiger partial charge in [0.25, 0.3) is 0 Å². The highest BCUT2D eigenvalue weighted by Gasteiger charge is 2.21. The fourth-order valence-corrected chi connectivity index (χ4v) is 3.29. The number of fused-ring (bicyclic) bond motifs is 1. The number of aromatic nitrogens is 2. The van der Waals surface area contributed by atoms with Crippen LogP contribution < -0.4 is 15.0 Å². The van der Waals surface area contributed by atoms with Crippen LogP contribution in [0.5, 0.6) is 5.88 Å². The Bertz CT molecular complexity index is 417. The fourth-order valence-electron chi connectivity index (χ4n) is 2.39. The van der Waals surface area contributed by atoms with E-state index in [9.17, 15) is 0 Å². The predicted molar refractivity (Wildman–Crippen MR) is 73.5 cm³/mol. The van der Waals surface area contributed by atoms with Crippen LogP contribution in [0.2, 0.25) is 0 Å². The molecule has 0 amide bonds. The van der Waals surface area contributed by atoms with Gasteiger partial charge in [0.15, 0.2) is 0 Å². The standard InChI is InChI=1S/C12H18N4OS/c1-17-11-9-2-3-13-8-10(9)14-12(15-11)16-4-6-18-7-5-16/h13H,2-8H2,1H3. The van der Waals surface area contributed by atoms with Crippen molar-refractivity contribution in [2.45, 2.75) is 13.0 Å². The van der Waals surface area contributed by atoms with Crippen LogP contribution in [0.4, 0.5) is 5.95 Å². The largest absolute Gasteiger partial charge is 0.481 e. The highest BCUT2D eigenvalue weighted by Crippen LogP contribution is 2.26. The number of nitrogens with zero attached hydrogens (tertiary/aromatic N) is 3. The van der Waals surface area contributed by atoms with E-state index in [2.05, 4.69) is 15.2 Å². The van der Waals surface area contributed by atoms with E-state index >= 15 is 0 Å². The number of rotatable bonds is 2. The molecule has 2 aliphatic heterocycles. The number of anilines is 1. The molecule has 0 aromatic carbocycles. The summed E-state index contributed by atoms with van der Waals surface area (Å²) < 4.78 is 5.43. The summed E-state index contributed by atoms with van der Waals surface area (Å²) in [4.78, 5) is 11.6. The van der Waals surface area contributed by atoms with E-state index in [1.807, 2.05) is 11.8 Å². The molecular formula is C12H18N4OS. The van der Waals surface area contributed by atoms with Crippen LogP contribution in [0.25, 0.3) is 0 Å². The first-order chi connectivity index (χ1) is 8.88. The highest BCUT2D eigenvalue weighted by molar-refractivity contribution is 7.99. The number of hydrogen-bond acceptors (Lipinski definition) is 6. The number of hydrogen-bond donors (Lipinski definition) is 1. The van der Waals surface area contributed by atoms with Crippen molar-refractivity contribution in [3.63, 3.8) is 0 Å². The van der Waals surface area contributed by atoms with Crippen LogP contribution in [0.3, 0.4) is 0 Å². The lowest BCUT2D eigenvalue weighted by atomic mass is 10.1. The van der Waals surface area contributed by atoms with Crippen LogP contribution in [0, 0.1) is 0 Å². The van der Waals surface area contributed by atoms with Crippen molar-refractivity contribution >= 4 is 17.7 Å². The lowest BCUT2D eigenvalue weighted by Gasteiger charge is -2.28. The van der Waals surface area contributed by atoms with Gasteiger partial charge in [-0.15, -0.1) is 0 Å². The van der Waals surface area contributed by atoms with Crippen LogP contribution in [0.1, 0.15) is 11.3 Å². The Morgan fingerprint density at radius 2 is 2.11 bits per heavy atom. The minimum Gasteiger partial charge on any atom is -0.481 e. The van der Waals surface area contributed by atoms with Crippen molar-refractivity contribution in [2.24, 2.45) is 0 Å². The van der Waals surface area contributed by atoms with E-state index in [0.29, 0.717) is 0 Å². The zero-order chi connectivity index (χ0) is 12.4. The summed E-state index contributed by atoms with van der Waals surface area (Å²) in [6.45, 7) is 3.86. The Balaban J connectivity index is 1.94. The van der Waals surface area contributed by atoms with E-state index in [4.69, 9.17) is 9.72 Å². The topological polar surface area (TPSA) is 50.3 Å². The fraction of sp³-hybridized carbons (Fsp3) is 0.667. The minimum atomic E-state index is 0.759. The molecule has 1 saturated heterocycles.